The van der Waals surface area contributed by atoms with Crippen LogP contribution in [0, 0.1) is 0 Å². The van der Waals surface area contributed by atoms with Crippen LogP contribution in [0.4, 0.5) is 0 Å². The van der Waals surface area contributed by atoms with Gasteiger partial charge in [0.2, 0.25) is 17.7 Å². The summed E-state index contributed by atoms with van der Waals surface area (Å²) in [6, 6.07) is -4.95. The summed E-state index contributed by atoms with van der Waals surface area (Å²) in [5.41, 5.74) is 0. The minimum atomic E-state index is -2.98. The highest BCUT2D eigenvalue weighted by Crippen LogP contribution is 2.37. The number of hydrogen-bond acceptors (Lipinski definition) is 25. The molecule has 0 aromatic rings. The Morgan fingerprint density at radius 2 is 0.985 bits per heavy atom. The van der Waals surface area contributed by atoms with Crippen LogP contribution in [0.1, 0.15) is 33.6 Å². The number of aliphatic hydroxyl groups excluding tert-OH is 13. The Hall–Kier alpha value is -3.45. The summed E-state index contributed by atoms with van der Waals surface area (Å²) in [7, 11) is 0. The summed E-state index contributed by atoms with van der Waals surface area (Å²) < 4.78 is 38.9. The number of aliphatic carboxylic acids is 2. The zero-order valence-electron chi connectivity index (χ0n) is 35.4. The van der Waals surface area contributed by atoms with Crippen molar-refractivity contribution in [1.82, 2.24) is 16.0 Å². The van der Waals surface area contributed by atoms with E-state index in [4.69, 9.17) is 33.2 Å². The topological polar surface area (TPSA) is 490 Å². The fraction of sp³-hybridized carbons (Fsp3) is 0.861. The number of amides is 3. The van der Waals surface area contributed by atoms with Crippen LogP contribution in [0.25, 0.3) is 0 Å². The van der Waals surface area contributed by atoms with Crippen molar-refractivity contribution in [1.29, 1.82) is 0 Å². The molecule has 0 unspecified atom stereocenters. The van der Waals surface area contributed by atoms with Crippen molar-refractivity contribution in [2.45, 2.75) is 167 Å². The summed E-state index contributed by atoms with van der Waals surface area (Å²) in [4.78, 5) is 61.4. The predicted molar refractivity (Wildman–Crippen MR) is 203 cm³/mol. The normalized spacial score (nSPS) is 41.4. The number of carbonyl (C=O) groups excluding carboxylic acids is 3. The number of hydrogen-bond donors (Lipinski definition) is 18. The van der Waals surface area contributed by atoms with Gasteiger partial charge in [-0.15, -0.1) is 0 Å². The summed E-state index contributed by atoms with van der Waals surface area (Å²) in [6.07, 6.45) is -37.0. The second-order valence-electron chi connectivity index (χ2n) is 16.3. The van der Waals surface area contributed by atoms with Crippen molar-refractivity contribution in [2.24, 2.45) is 0 Å². The summed E-state index contributed by atoms with van der Waals surface area (Å²) >= 11 is 0. The van der Waals surface area contributed by atoms with Crippen LogP contribution in [0.2, 0.25) is 0 Å². The van der Waals surface area contributed by atoms with E-state index in [9.17, 15) is 101 Å². The third-order valence-electron chi connectivity index (χ3n) is 11.4. The van der Waals surface area contributed by atoms with Crippen LogP contribution in [-0.2, 0) is 57.1 Å². The van der Waals surface area contributed by atoms with E-state index in [1.54, 1.807) is 0 Å². The largest absolute Gasteiger partial charge is 0.477 e. The molecule has 0 spiro atoms. The lowest BCUT2D eigenvalue weighted by atomic mass is 9.88. The Balaban J connectivity index is 1.59. The molecular formula is C36H59N3O27. The van der Waals surface area contributed by atoms with Crippen molar-refractivity contribution in [2.75, 3.05) is 26.4 Å². The Morgan fingerprint density at radius 1 is 0.591 bits per heavy atom. The second kappa shape index (κ2) is 22.8. The van der Waals surface area contributed by atoms with Gasteiger partial charge in [0.1, 0.15) is 85.4 Å². The molecule has 3 amide bonds. The minimum absolute atomic E-state index is 0.784. The van der Waals surface area contributed by atoms with Crippen LogP contribution in [0.15, 0.2) is 0 Å². The van der Waals surface area contributed by atoms with Crippen molar-refractivity contribution in [3.8, 4) is 0 Å². The zero-order valence-corrected chi connectivity index (χ0v) is 35.4. The van der Waals surface area contributed by atoms with E-state index in [-0.39, 0.29) is 0 Å². The lowest BCUT2D eigenvalue weighted by Gasteiger charge is -2.49. The maximum Gasteiger partial charge on any atom is 0.364 e. The van der Waals surface area contributed by atoms with Gasteiger partial charge in [-0.3, -0.25) is 14.4 Å². The molecule has 0 radical (unpaired) electrons. The van der Waals surface area contributed by atoms with Crippen molar-refractivity contribution in [3.63, 3.8) is 0 Å². The van der Waals surface area contributed by atoms with Crippen LogP contribution < -0.4 is 16.0 Å². The average molecular weight is 966 g/mol. The van der Waals surface area contributed by atoms with E-state index < -0.39 is 203 Å². The van der Waals surface area contributed by atoms with E-state index in [0.29, 0.717) is 0 Å². The average Bonchev–Trinajstić information content (AvgIpc) is 3.24. The molecule has 4 aliphatic heterocycles. The molecule has 4 saturated heterocycles. The summed E-state index contributed by atoms with van der Waals surface area (Å²) in [5.74, 6) is -12.3. The van der Waals surface area contributed by atoms with E-state index in [1.165, 1.54) is 0 Å². The molecule has 18 N–H and O–H groups in total. The van der Waals surface area contributed by atoms with Gasteiger partial charge in [-0.2, -0.15) is 0 Å². The van der Waals surface area contributed by atoms with Gasteiger partial charge in [-0.25, -0.2) is 9.59 Å². The number of nitrogens with one attached hydrogen (secondary N) is 3. The number of rotatable bonds is 19. The molecule has 0 bridgehead atoms. The standard InChI is InChI=1S/C36H59N3O27/c1-10(42)37-19-13(45)4-35(33(56)57,65-29(19)22(49)15(47)6-40)60-8-17-24(51)26(53)27(54)32(63-17)64-28-21(39-12(3)44)31(55)62-18(25(28)52)9-61-36(34(58)59)5-14(46)20(38-11(2)43)30(66-36)23(50)16(48)7-41/h13-32,40-41,45-55H,4-9H2,1-3H3,(H,37,42)(H,38,43)(H,39,44)(H,56,57)(H,58,59)/t13-,14-,15+,16+,17+,18+,19+,20+,21+,22+,23+,24-,25-,26-,27+,28+,29+,30+,31-,32-,35+,36+/m0/s1. The highest BCUT2D eigenvalue weighted by atomic mass is 16.8. The smallest absolute Gasteiger partial charge is 0.364 e. The van der Waals surface area contributed by atoms with E-state index in [0.717, 1.165) is 20.8 Å². The van der Waals surface area contributed by atoms with Crippen molar-refractivity contribution >= 4 is 29.7 Å². The van der Waals surface area contributed by atoms with Gasteiger partial charge >= 0.3 is 11.9 Å². The number of carboxylic acids is 2. The van der Waals surface area contributed by atoms with Gasteiger partial charge in [-0.1, -0.05) is 0 Å². The van der Waals surface area contributed by atoms with Crippen LogP contribution in [0.5, 0.6) is 0 Å². The molecule has 380 valence electrons. The van der Waals surface area contributed by atoms with E-state index >= 15 is 0 Å². The predicted octanol–water partition coefficient (Wildman–Crippen LogP) is -10.9. The van der Waals surface area contributed by atoms with Gasteiger partial charge in [0.25, 0.3) is 11.6 Å². The van der Waals surface area contributed by atoms with Gasteiger partial charge in [0.05, 0.1) is 50.7 Å². The SMILES string of the molecule is CC(=O)N[C@@H]1[C@@H](O[C@@H]2O[C@H](CO[C@]3(C(=O)O)C[C@H](O)[C@@H](NC(C)=O)[C@H]([C@H](O)[C@H](O)CO)O3)[C@H](O)[C@H](O)[C@H]2O)[C@@H](O)[C@@H](CO[C@]2(C(=O)O)C[C@H](O)[C@@H](NC(C)=O)[C@H]([C@H](O)[C@H](O)CO)O2)O[C@@H]1O. The molecule has 22 atom stereocenters. The number of carbonyl (C=O) groups is 5. The zero-order chi connectivity index (χ0) is 49.7. The number of ether oxygens (including phenoxy) is 7. The summed E-state index contributed by atoms with van der Waals surface area (Å²) in [5, 5.41) is 165. The van der Waals surface area contributed by atoms with Gasteiger partial charge in [0.15, 0.2) is 12.6 Å². The second-order valence-corrected chi connectivity index (χ2v) is 16.3. The molecule has 0 aliphatic carbocycles. The fourth-order valence-electron chi connectivity index (χ4n) is 7.93. The van der Waals surface area contributed by atoms with Crippen LogP contribution in [0.3, 0.4) is 0 Å². The summed E-state index contributed by atoms with van der Waals surface area (Å²) in [6.45, 7) is -1.42. The first-order valence-electron chi connectivity index (χ1n) is 20.3. The van der Waals surface area contributed by atoms with E-state index in [1.807, 2.05) is 0 Å². The third kappa shape index (κ3) is 12.2. The van der Waals surface area contributed by atoms with Crippen molar-refractivity contribution < 1.29 is 134 Å². The first-order valence-corrected chi connectivity index (χ1v) is 20.3. The quantitative estimate of drug-likeness (QED) is 0.0571. The lowest BCUT2D eigenvalue weighted by molar-refractivity contribution is -0.360. The molecule has 30 nitrogen and oxygen atoms in total. The highest BCUT2D eigenvalue weighted by Gasteiger charge is 2.59. The molecule has 4 aliphatic rings. The molecule has 4 fully saturated rings. The molecule has 4 rings (SSSR count). The van der Waals surface area contributed by atoms with Gasteiger partial charge in [0, 0.05) is 33.6 Å². The maximum absolute atomic E-state index is 12.7. The molecule has 4 heterocycles. The lowest BCUT2D eigenvalue weighted by Crippen LogP contribution is -2.69. The molecule has 0 aromatic heterocycles. The number of aliphatic hydroxyl groups is 13. The maximum atomic E-state index is 12.7. The Labute approximate surface area is 373 Å². The molecular weight excluding hydrogens is 906 g/mol. The fourth-order valence-corrected chi connectivity index (χ4v) is 7.93. The number of carboxylic acid groups (broad SMARTS) is 2. The Morgan fingerprint density at radius 3 is 1.36 bits per heavy atom. The first kappa shape index (κ1) is 55.1. The monoisotopic (exact) mass is 965 g/mol. The molecule has 66 heavy (non-hydrogen) atoms. The molecule has 0 aromatic carbocycles. The Kier molecular flexibility index (Phi) is 19.0. The molecule has 30 heteroatoms. The van der Waals surface area contributed by atoms with Gasteiger partial charge in [-0.05, 0) is 0 Å². The van der Waals surface area contributed by atoms with Crippen molar-refractivity contribution in [3.05, 3.63) is 0 Å². The third-order valence-corrected chi connectivity index (χ3v) is 11.4. The Bertz CT molecular complexity index is 1680. The van der Waals surface area contributed by atoms with Gasteiger partial charge < -0.3 is 126 Å². The van der Waals surface area contributed by atoms with Crippen LogP contribution in [-0.4, -0.2) is 267 Å². The first-order chi connectivity index (χ1) is 30.7. The van der Waals surface area contributed by atoms with Crippen LogP contribution >= 0.6 is 0 Å². The van der Waals surface area contributed by atoms with E-state index in [2.05, 4.69) is 16.0 Å². The highest BCUT2D eigenvalue weighted by molar-refractivity contribution is 5.77. The minimum Gasteiger partial charge on any atom is -0.477 e. The molecule has 0 saturated carbocycles.